The molecule has 1 aromatic heterocycles. The van der Waals surface area contributed by atoms with Crippen molar-refractivity contribution < 1.29 is 4.79 Å². The molecular weight excluding hydrogens is 232 g/mol. The van der Waals surface area contributed by atoms with Crippen LogP contribution in [0, 0.1) is 5.41 Å². The topological polar surface area (TPSA) is 69.1 Å². The normalized spacial score (nSPS) is 12.8. The summed E-state index contributed by atoms with van der Waals surface area (Å²) in [5, 5.41) is 1.96. The molecule has 1 heterocycles. The zero-order valence-electron chi connectivity index (χ0n) is 11.3. The summed E-state index contributed by atoms with van der Waals surface area (Å²) >= 11 is 1.34. The largest absolute Gasteiger partial charge is 0.397 e. The van der Waals surface area contributed by atoms with Crippen molar-refractivity contribution in [1.82, 2.24) is 0 Å². The molecule has 0 spiro atoms. The zero-order chi connectivity index (χ0) is 13.4. The molecule has 3 nitrogen and oxygen atoms in total. The van der Waals surface area contributed by atoms with E-state index < -0.39 is 5.91 Å². The summed E-state index contributed by atoms with van der Waals surface area (Å²) in [6.07, 6.45) is 0.999. The van der Waals surface area contributed by atoms with Crippen LogP contribution in [0.2, 0.25) is 0 Å². The molecule has 0 aliphatic heterocycles. The Labute approximate surface area is 107 Å². The first-order valence-electron chi connectivity index (χ1n) is 5.72. The van der Waals surface area contributed by atoms with E-state index >= 15 is 0 Å². The molecule has 1 aromatic rings. The van der Waals surface area contributed by atoms with Gasteiger partial charge in [0.25, 0.3) is 5.91 Å². The van der Waals surface area contributed by atoms with E-state index in [2.05, 4.69) is 34.6 Å². The number of anilines is 1. The SMILES string of the molecule is CC(C)(C)CC(C)(C)c1csc(C(N)=O)c1N. The summed E-state index contributed by atoms with van der Waals surface area (Å²) in [6.45, 7) is 10.9. The van der Waals surface area contributed by atoms with E-state index in [1.54, 1.807) is 0 Å². The Morgan fingerprint density at radius 3 is 2.18 bits per heavy atom. The molecule has 0 aliphatic rings. The second-order valence-corrected chi connectivity index (χ2v) is 7.26. The Kier molecular flexibility index (Phi) is 3.58. The molecule has 1 rings (SSSR count). The van der Waals surface area contributed by atoms with Gasteiger partial charge in [-0.05, 0) is 28.2 Å². The Hall–Kier alpha value is -1.03. The van der Waals surface area contributed by atoms with Gasteiger partial charge in [-0.1, -0.05) is 34.6 Å². The lowest BCUT2D eigenvalue weighted by Crippen LogP contribution is -2.25. The maximum Gasteiger partial charge on any atom is 0.260 e. The van der Waals surface area contributed by atoms with Gasteiger partial charge in [-0.3, -0.25) is 4.79 Å². The average Bonchev–Trinajstić information content (AvgIpc) is 2.42. The van der Waals surface area contributed by atoms with Crippen molar-refractivity contribution in [2.75, 3.05) is 5.73 Å². The molecule has 0 saturated carbocycles. The first kappa shape index (κ1) is 14.0. The predicted molar refractivity (Wildman–Crippen MR) is 74.3 cm³/mol. The van der Waals surface area contributed by atoms with Gasteiger partial charge in [-0.15, -0.1) is 11.3 Å². The Morgan fingerprint density at radius 1 is 1.29 bits per heavy atom. The summed E-state index contributed by atoms with van der Waals surface area (Å²) in [4.78, 5) is 11.7. The van der Waals surface area contributed by atoms with Crippen molar-refractivity contribution in [3.05, 3.63) is 15.8 Å². The Morgan fingerprint density at radius 2 is 1.82 bits per heavy atom. The smallest absolute Gasteiger partial charge is 0.260 e. The first-order chi connectivity index (χ1) is 7.54. The van der Waals surface area contributed by atoms with E-state index in [1.165, 1.54) is 11.3 Å². The molecule has 0 unspecified atom stereocenters. The molecular formula is C13H22N2OS. The molecule has 0 fully saturated rings. The molecule has 0 aliphatic carbocycles. The molecule has 1 amide bonds. The average molecular weight is 254 g/mol. The van der Waals surface area contributed by atoms with Gasteiger partial charge < -0.3 is 11.5 Å². The van der Waals surface area contributed by atoms with Gasteiger partial charge in [0, 0.05) is 0 Å². The standard InChI is InChI=1S/C13H22N2OS/c1-12(2,3)7-13(4,5)8-6-17-10(9(8)14)11(15)16/h6H,7,14H2,1-5H3,(H2,15,16). The molecule has 0 atom stereocenters. The number of nitrogen functional groups attached to an aromatic ring is 1. The highest BCUT2D eigenvalue weighted by atomic mass is 32.1. The number of hydrogen-bond donors (Lipinski definition) is 2. The highest BCUT2D eigenvalue weighted by Gasteiger charge is 2.31. The van der Waals surface area contributed by atoms with Gasteiger partial charge in [-0.25, -0.2) is 0 Å². The Balaban J connectivity index is 3.12. The molecule has 96 valence electrons. The van der Waals surface area contributed by atoms with Crippen LogP contribution in [-0.2, 0) is 5.41 Å². The molecule has 17 heavy (non-hydrogen) atoms. The van der Waals surface area contributed by atoms with Crippen molar-refractivity contribution in [2.24, 2.45) is 11.1 Å². The van der Waals surface area contributed by atoms with Crippen LogP contribution in [0.25, 0.3) is 0 Å². The molecule has 0 radical (unpaired) electrons. The van der Waals surface area contributed by atoms with Crippen LogP contribution in [0.4, 0.5) is 5.69 Å². The minimum Gasteiger partial charge on any atom is -0.397 e. The lowest BCUT2D eigenvalue weighted by molar-refractivity contribution is 0.100. The minimum absolute atomic E-state index is 0.0491. The number of hydrogen-bond acceptors (Lipinski definition) is 3. The van der Waals surface area contributed by atoms with E-state index in [4.69, 9.17) is 11.5 Å². The van der Waals surface area contributed by atoms with Gasteiger partial charge in [0.1, 0.15) is 4.88 Å². The first-order valence-corrected chi connectivity index (χ1v) is 6.60. The molecule has 0 saturated heterocycles. The third-order valence-corrected chi connectivity index (χ3v) is 3.76. The number of nitrogens with two attached hydrogens (primary N) is 2. The van der Waals surface area contributed by atoms with E-state index in [0.29, 0.717) is 10.6 Å². The lowest BCUT2D eigenvalue weighted by atomic mass is 9.72. The van der Waals surface area contributed by atoms with Gasteiger partial charge in [-0.2, -0.15) is 0 Å². The van der Waals surface area contributed by atoms with Crippen LogP contribution >= 0.6 is 11.3 Å². The fraction of sp³-hybridized carbons (Fsp3) is 0.615. The van der Waals surface area contributed by atoms with Crippen LogP contribution < -0.4 is 11.5 Å². The maximum absolute atomic E-state index is 11.2. The van der Waals surface area contributed by atoms with Gasteiger partial charge in [0.2, 0.25) is 0 Å². The quantitative estimate of drug-likeness (QED) is 0.870. The lowest BCUT2D eigenvalue weighted by Gasteiger charge is -2.32. The van der Waals surface area contributed by atoms with E-state index in [-0.39, 0.29) is 10.8 Å². The predicted octanol–water partition coefficient (Wildman–Crippen LogP) is 3.14. The summed E-state index contributed by atoms with van der Waals surface area (Å²) < 4.78 is 0. The number of rotatable bonds is 3. The van der Waals surface area contributed by atoms with Crippen molar-refractivity contribution in [3.63, 3.8) is 0 Å². The second-order valence-electron chi connectivity index (χ2n) is 6.38. The fourth-order valence-corrected chi connectivity index (χ4v) is 3.54. The highest BCUT2D eigenvalue weighted by molar-refractivity contribution is 7.12. The third-order valence-electron chi connectivity index (χ3n) is 2.75. The van der Waals surface area contributed by atoms with Gasteiger partial charge in [0.05, 0.1) is 5.69 Å². The van der Waals surface area contributed by atoms with Crippen molar-refractivity contribution in [3.8, 4) is 0 Å². The zero-order valence-corrected chi connectivity index (χ0v) is 12.1. The minimum atomic E-state index is -0.440. The van der Waals surface area contributed by atoms with Crippen LogP contribution in [0.5, 0.6) is 0 Å². The Bertz CT molecular complexity index is 427. The maximum atomic E-state index is 11.2. The number of primary amides is 1. The van der Waals surface area contributed by atoms with Crippen LogP contribution in [0.1, 0.15) is 56.3 Å². The van der Waals surface area contributed by atoms with Crippen molar-refractivity contribution in [1.29, 1.82) is 0 Å². The molecule has 0 bridgehead atoms. The van der Waals surface area contributed by atoms with Crippen LogP contribution in [0.15, 0.2) is 5.38 Å². The van der Waals surface area contributed by atoms with Gasteiger partial charge in [0.15, 0.2) is 0 Å². The number of carbonyl (C=O) groups is 1. The third kappa shape index (κ3) is 3.22. The number of amides is 1. The summed E-state index contributed by atoms with van der Waals surface area (Å²) in [5.74, 6) is -0.440. The summed E-state index contributed by atoms with van der Waals surface area (Å²) in [6, 6.07) is 0. The monoisotopic (exact) mass is 254 g/mol. The van der Waals surface area contributed by atoms with Crippen molar-refractivity contribution >= 4 is 22.9 Å². The fourth-order valence-electron chi connectivity index (χ4n) is 2.50. The highest BCUT2D eigenvalue weighted by Crippen LogP contribution is 2.41. The summed E-state index contributed by atoms with van der Waals surface area (Å²) in [7, 11) is 0. The van der Waals surface area contributed by atoms with E-state index in [1.807, 2.05) is 5.38 Å². The molecule has 4 N–H and O–H groups in total. The van der Waals surface area contributed by atoms with E-state index in [0.717, 1.165) is 12.0 Å². The number of carbonyl (C=O) groups excluding carboxylic acids is 1. The van der Waals surface area contributed by atoms with Crippen LogP contribution in [-0.4, -0.2) is 5.91 Å². The number of thiophene rings is 1. The summed E-state index contributed by atoms with van der Waals surface area (Å²) in [5.41, 5.74) is 13.1. The second kappa shape index (κ2) is 4.33. The van der Waals surface area contributed by atoms with E-state index in [9.17, 15) is 4.79 Å². The molecule has 0 aromatic carbocycles. The van der Waals surface area contributed by atoms with Crippen LogP contribution in [0.3, 0.4) is 0 Å². The van der Waals surface area contributed by atoms with Crippen molar-refractivity contribution in [2.45, 2.75) is 46.5 Å². The molecule has 4 heteroatoms. The van der Waals surface area contributed by atoms with Gasteiger partial charge >= 0.3 is 0 Å².